The van der Waals surface area contributed by atoms with Gasteiger partial charge in [-0.05, 0) is 26.3 Å². The number of hydrogen-bond acceptors (Lipinski definition) is 6. The molecule has 1 aromatic rings. The second-order valence-corrected chi connectivity index (χ2v) is 9.00. The van der Waals surface area contributed by atoms with Crippen LogP contribution in [0.5, 0.6) is 0 Å². The van der Waals surface area contributed by atoms with Crippen molar-refractivity contribution in [2.45, 2.75) is 32.9 Å². The Morgan fingerprint density at radius 3 is 2.81 bits per heavy atom. The van der Waals surface area contributed by atoms with E-state index < -0.39 is 9.84 Å². The molecule has 1 saturated heterocycles. The van der Waals surface area contributed by atoms with Crippen molar-refractivity contribution in [1.82, 2.24) is 15.6 Å². The van der Waals surface area contributed by atoms with Crippen LogP contribution in [0.1, 0.15) is 25.8 Å². The Bertz CT molecular complexity index is 717. The van der Waals surface area contributed by atoms with Gasteiger partial charge in [-0.2, -0.15) is 0 Å². The molecule has 152 valence electrons. The molecular weight excluding hydrogens is 366 g/mol. The lowest BCUT2D eigenvalue weighted by molar-refractivity contribution is 0.122. The van der Waals surface area contributed by atoms with Gasteiger partial charge >= 0.3 is 0 Å². The van der Waals surface area contributed by atoms with Gasteiger partial charge in [0.2, 0.25) is 0 Å². The summed E-state index contributed by atoms with van der Waals surface area (Å²) in [5, 5.41) is 6.50. The van der Waals surface area contributed by atoms with E-state index in [-0.39, 0.29) is 11.8 Å². The molecule has 1 aliphatic heterocycles. The predicted molar refractivity (Wildman–Crippen MR) is 109 cm³/mol. The summed E-state index contributed by atoms with van der Waals surface area (Å²) in [6.07, 6.45) is 3.60. The van der Waals surface area contributed by atoms with Crippen molar-refractivity contribution in [2.75, 3.05) is 49.8 Å². The van der Waals surface area contributed by atoms with Gasteiger partial charge in [-0.1, -0.05) is 6.07 Å². The third-order valence-electron chi connectivity index (χ3n) is 4.23. The van der Waals surface area contributed by atoms with E-state index in [4.69, 9.17) is 4.74 Å². The van der Waals surface area contributed by atoms with E-state index in [1.807, 2.05) is 26.0 Å². The van der Waals surface area contributed by atoms with Crippen LogP contribution in [0.15, 0.2) is 23.3 Å². The molecule has 0 bridgehead atoms. The highest BCUT2D eigenvalue weighted by molar-refractivity contribution is 7.90. The van der Waals surface area contributed by atoms with Crippen LogP contribution in [0.4, 0.5) is 5.82 Å². The van der Waals surface area contributed by atoms with E-state index in [2.05, 4.69) is 25.5 Å². The zero-order valence-electron chi connectivity index (χ0n) is 16.4. The van der Waals surface area contributed by atoms with Gasteiger partial charge in [0.25, 0.3) is 0 Å². The molecule has 2 heterocycles. The third kappa shape index (κ3) is 7.72. The van der Waals surface area contributed by atoms with Gasteiger partial charge in [0, 0.05) is 43.7 Å². The Morgan fingerprint density at radius 1 is 1.41 bits per heavy atom. The Morgan fingerprint density at radius 2 is 2.15 bits per heavy atom. The molecule has 9 heteroatoms. The number of nitrogens with zero attached hydrogens (tertiary/aromatic N) is 3. The van der Waals surface area contributed by atoms with Crippen molar-refractivity contribution in [3.8, 4) is 0 Å². The van der Waals surface area contributed by atoms with Gasteiger partial charge in [-0.3, -0.25) is 0 Å². The summed E-state index contributed by atoms with van der Waals surface area (Å²) in [6.45, 7) is 8.26. The summed E-state index contributed by atoms with van der Waals surface area (Å²) in [4.78, 5) is 11.4. The summed E-state index contributed by atoms with van der Waals surface area (Å²) >= 11 is 0. The number of anilines is 1. The lowest BCUT2D eigenvalue weighted by Gasteiger charge is -2.29. The number of pyridine rings is 1. The molecule has 2 N–H and O–H groups in total. The fourth-order valence-electron chi connectivity index (χ4n) is 2.79. The standard InChI is InChI=1S/C18H31N5O3S/c1-4-19-18(22-15(2)7-13-27(3,24)25)21-14-16-6-5-8-20-17(16)23-9-11-26-12-10-23/h5-6,8,15H,4,7,9-14H2,1-3H3,(H2,19,21,22). The van der Waals surface area contributed by atoms with Gasteiger partial charge in [-0.15, -0.1) is 0 Å². The molecule has 0 spiro atoms. The highest BCUT2D eigenvalue weighted by atomic mass is 32.2. The number of ether oxygens (including phenoxy) is 1. The number of aliphatic imine (C=N–C) groups is 1. The van der Waals surface area contributed by atoms with Gasteiger partial charge in [0.05, 0.1) is 25.5 Å². The lowest BCUT2D eigenvalue weighted by Crippen LogP contribution is -2.42. The Hall–Kier alpha value is -1.87. The molecular formula is C18H31N5O3S. The molecule has 1 unspecified atom stereocenters. The quantitative estimate of drug-likeness (QED) is 0.495. The highest BCUT2D eigenvalue weighted by Crippen LogP contribution is 2.19. The molecule has 0 saturated carbocycles. The summed E-state index contributed by atoms with van der Waals surface area (Å²) in [5.41, 5.74) is 1.06. The number of guanidine groups is 1. The van der Waals surface area contributed by atoms with Crippen LogP contribution in [0.2, 0.25) is 0 Å². The number of nitrogens with one attached hydrogen (secondary N) is 2. The van der Waals surface area contributed by atoms with Crippen molar-refractivity contribution in [1.29, 1.82) is 0 Å². The molecule has 1 aliphatic rings. The van der Waals surface area contributed by atoms with E-state index in [1.54, 1.807) is 6.20 Å². The summed E-state index contributed by atoms with van der Waals surface area (Å²) in [7, 11) is -2.96. The smallest absolute Gasteiger partial charge is 0.191 e. The Kier molecular flexibility index (Phi) is 8.30. The van der Waals surface area contributed by atoms with E-state index in [9.17, 15) is 8.42 Å². The molecule has 8 nitrogen and oxygen atoms in total. The van der Waals surface area contributed by atoms with E-state index >= 15 is 0 Å². The average Bonchev–Trinajstić information content (AvgIpc) is 2.65. The molecule has 0 amide bonds. The minimum absolute atomic E-state index is 0.00476. The molecule has 1 fully saturated rings. The fourth-order valence-corrected chi connectivity index (χ4v) is 3.58. The largest absolute Gasteiger partial charge is 0.378 e. The maximum Gasteiger partial charge on any atom is 0.191 e. The molecule has 1 atom stereocenters. The van der Waals surface area contributed by atoms with Crippen LogP contribution in [0, 0.1) is 0 Å². The lowest BCUT2D eigenvalue weighted by atomic mass is 10.2. The van der Waals surface area contributed by atoms with Crippen molar-refractivity contribution < 1.29 is 13.2 Å². The fraction of sp³-hybridized carbons (Fsp3) is 0.667. The van der Waals surface area contributed by atoms with Crippen molar-refractivity contribution >= 4 is 21.6 Å². The predicted octanol–water partition coefficient (Wildman–Crippen LogP) is 0.797. The maximum absolute atomic E-state index is 11.4. The number of aromatic nitrogens is 1. The second kappa shape index (κ2) is 10.5. The first-order chi connectivity index (χ1) is 12.9. The number of morpholine rings is 1. The van der Waals surface area contributed by atoms with Gasteiger partial charge in [0.15, 0.2) is 5.96 Å². The zero-order valence-corrected chi connectivity index (χ0v) is 17.3. The zero-order chi connectivity index (χ0) is 19.7. The topological polar surface area (TPSA) is 95.9 Å². The van der Waals surface area contributed by atoms with Gasteiger partial charge in [-0.25, -0.2) is 18.4 Å². The first kappa shape index (κ1) is 21.4. The molecule has 0 aliphatic carbocycles. The first-order valence-electron chi connectivity index (χ1n) is 9.38. The Balaban J connectivity index is 2.03. The molecule has 27 heavy (non-hydrogen) atoms. The highest BCUT2D eigenvalue weighted by Gasteiger charge is 2.16. The van der Waals surface area contributed by atoms with Crippen molar-refractivity contribution in [3.63, 3.8) is 0 Å². The van der Waals surface area contributed by atoms with Crippen LogP contribution < -0.4 is 15.5 Å². The first-order valence-corrected chi connectivity index (χ1v) is 11.4. The second-order valence-electron chi connectivity index (χ2n) is 6.74. The maximum atomic E-state index is 11.4. The number of rotatable bonds is 8. The number of hydrogen-bond donors (Lipinski definition) is 2. The van der Waals surface area contributed by atoms with Crippen LogP contribution in [0.25, 0.3) is 0 Å². The molecule has 0 radical (unpaired) electrons. The molecule has 2 rings (SSSR count). The number of sulfone groups is 1. The van der Waals surface area contributed by atoms with Crippen molar-refractivity contribution in [3.05, 3.63) is 23.9 Å². The minimum Gasteiger partial charge on any atom is -0.378 e. The average molecular weight is 398 g/mol. The summed E-state index contributed by atoms with van der Waals surface area (Å²) in [6, 6.07) is 3.96. The van der Waals surface area contributed by atoms with E-state index in [0.29, 0.717) is 32.1 Å². The SMILES string of the molecule is CCNC(=NCc1cccnc1N1CCOCC1)NC(C)CCS(C)(=O)=O. The van der Waals surface area contributed by atoms with E-state index in [0.717, 1.165) is 31.0 Å². The summed E-state index contributed by atoms with van der Waals surface area (Å²) in [5.74, 6) is 1.78. The van der Waals surface area contributed by atoms with Crippen molar-refractivity contribution in [2.24, 2.45) is 4.99 Å². The Labute approximate surface area is 162 Å². The normalized spacial score (nSPS) is 16.9. The minimum atomic E-state index is -2.96. The van der Waals surface area contributed by atoms with Gasteiger partial charge in [0.1, 0.15) is 15.7 Å². The monoisotopic (exact) mass is 397 g/mol. The molecule has 1 aromatic heterocycles. The van der Waals surface area contributed by atoms with Gasteiger partial charge < -0.3 is 20.3 Å². The summed E-state index contributed by atoms with van der Waals surface area (Å²) < 4.78 is 28.1. The van der Waals surface area contributed by atoms with Crippen LogP contribution in [-0.2, 0) is 21.1 Å². The van der Waals surface area contributed by atoms with Crippen LogP contribution in [0.3, 0.4) is 0 Å². The third-order valence-corrected chi connectivity index (χ3v) is 5.21. The van der Waals surface area contributed by atoms with Crippen LogP contribution in [-0.4, -0.2) is 70.3 Å². The van der Waals surface area contributed by atoms with E-state index in [1.165, 1.54) is 6.26 Å². The van der Waals surface area contributed by atoms with Crippen LogP contribution >= 0.6 is 0 Å². The molecule has 0 aromatic carbocycles.